The normalized spacial score (nSPS) is 20.6. The fourth-order valence-electron chi connectivity index (χ4n) is 2.81. The lowest BCUT2D eigenvalue weighted by Gasteiger charge is -2.20. The summed E-state index contributed by atoms with van der Waals surface area (Å²) in [5.41, 5.74) is -1.07. The van der Waals surface area contributed by atoms with Crippen molar-refractivity contribution in [3.05, 3.63) is 52.0 Å². The van der Waals surface area contributed by atoms with Gasteiger partial charge in [-0.05, 0) is 30.0 Å². The average molecular weight is 404 g/mol. The first kappa shape index (κ1) is 18.8. The average Bonchev–Trinajstić information content (AvgIpc) is 3.05. The number of alkyl halides is 3. The molecule has 0 N–H and O–H groups in total. The van der Waals surface area contributed by atoms with E-state index in [-0.39, 0.29) is 30.8 Å². The number of pyridine rings is 1. The van der Waals surface area contributed by atoms with Gasteiger partial charge >= 0.3 is 6.18 Å². The van der Waals surface area contributed by atoms with Gasteiger partial charge in [-0.15, -0.1) is 11.3 Å². The van der Waals surface area contributed by atoms with Crippen LogP contribution in [0.3, 0.4) is 0 Å². The highest BCUT2D eigenvalue weighted by Crippen LogP contribution is 2.33. The van der Waals surface area contributed by atoms with Crippen LogP contribution in [0.2, 0.25) is 0 Å². The summed E-state index contributed by atoms with van der Waals surface area (Å²) in [7, 11) is -3.41. The van der Waals surface area contributed by atoms with Crippen molar-refractivity contribution in [2.75, 3.05) is 18.8 Å². The largest absolute Gasteiger partial charge is 0.433 e. The van der Waals surface area contributed by atoms with Crippen molar-refractivity contribution in [3.63, 3.8) is 0 Å². The number of sulfone groups is 1. The second-order valence-corrected chi connectivity index (χ2v) is 9.16. The maximum absolute atomic E-state index is 12.6. The van der Waals surface area contributed by atoms with Crippen molar-refractivity contribution in [1.29, 1.82) is 0 Å². The molecule has 10 heteroatoms. The standard InChI is InChI=1S/C16H15F3N2O3S2/c17-16(18,19)14-4-3-11(10-20-14)15(22)21-6-5-13(12-2-1-8-25-12)26(23,24)9-7-21/h1-4,8,10,13H,5-7,9H2. The van der Waals surface area contributed by atoms with Crippen LogP contribution in [0.1, 0.15) is 32.6 Å². The van der Waals surface area contributed by atoms with Gasteiger partial charge in [0.25, 0.3) is 5.91 Å². The molecule has 0 aliphatic carbocycles. The van der Waals surface area contributed by atoms with Gasteiger partial charge in [0, 0.05) is 24.2 Å². The third-order valence-corrected chi connectivity index (χ3v) is 7.43. The molecule has 1 aliphatic heterocycles. The van der Waals surface area contributed by atoms with Crippen LogP contribution in [0.25, 0.3) is 0 Å². The highest BCUT2D eigenvalue weighted by atomic mass is 32.2. The Morgan fingerprint density at radius 3 is 2.58 bits per heavy atom. The van der Waals surface area contributed by atoms with Crippen LogP contribution in [0.5, 0.6) is 0 Å². The molecule has 2 aromatic rings. The minimum atomic E-state index is -4.58. The molecule has 1 fully saturated rings. The second kappa shape index (κ2) is 6.99. The summed E-state index contributed by atoms with van der Waals surface area (Å²) < 4.78 is 62.7. The highest BCUT2D eigenvalue weighted by molar-refractivity contribution is 7.91. The molecule has 3 rings (SSSR count). The predicted molar refractivity (Wildman–Crippen MR) is 90.6 cm³/mol. The number of thiophene rings is 1. The van der Waals surface area contributed by atoms with E-state index in [0.717, 1.165) is 23.2 Å². The van der Waals surface area contributed by atoms with Crippen LogP contribution in [-0.2, 0) is 16.0 Å². The maximum atomic E-state index is 12.6. The molecule has 0 bridgehead atoms. The topological polar surface area (TPSA) is 67.3 Å². The van der Waals surface area contributed by atoms with E-state index in [2.05, 4.69) is 4.98 Å². The number of hydrogen-bond donors (Lipinski definition) is 0. The first-order chi connectivity index (χ1) is 12.2. The molecule has 26 heavy (non-hydrogen) atoms. The van der Waals surface area contributed by atoms with Crippen molar-refractivity contribution in [2.24, 2.45) is 0 Å². The number of halogens is 3. The van der Waals surface area contributed by atoms with Gasteiger partial charge in [-0.3, -0.25) is 9.78 Å². The third kappa shape index (κ3) is 3.90. The number of rotatable bonds is 2. The molecule has 0 radical (unpaired) electrons. The fourth-order valence-corrected chi connectivity index (χ4v) is 5.82. The van der Waals surface area contributed by atoms with Gasteiger partial charge in [0.1, 0.15) is 5.69 Å². The van der Waals surface area contributed by atoms with E-state index in [1.54, 1.807) is 17.5 Å². The third-order valence-electron chi connectivity index (χ3n) is 4.19. The smallest absolute Gasteiger partial charge is 0.338 e. The molecule has 140 valence electrons. The van der Waals surface area contributed by atoms with Gasteiger partial charge in [0.15, 0.2) is 9.84 Å². The Morgan fingerprint density at radius 2 is 2.00 bits per heavy atom. The van der Waals surface area contributed by atoms with Crippen molar-refractivity contribution < 1.29 is 26.4 Å². The molecular formula is C16H15F3N2O3S2. The van der Waals surface area contributed by atoms with E-state index in [1.165, 1.54) is 16.2 Å². The maximum Gasteiger partial charge on any atom is 0.433 e. The second-order valence-electron chi connectivity index (χ2n) is 5.88. The molecule has 1 saturated heterocycles. The van der Waals surface area contributed by atoms with Gasteiger partial charge in [-0.25, -0.2) is 8.42 Å². The summed E-state index contributed by atoms with van der Waals surface area (Å²) in [5, 5.41) is 1.14. The molecular weight excluding hydrogens is 389 g/mol. The molecule has 1 unspecified atom stereocenters. The summed E-state index contributed by atoms with van der Waals surface area (Å²) in [6.45, 7) is 0.214. The highest BCUT2D eigenvalue weighted by Gasteiger charge is 2.35. The molecule has 0 saturated carbocycles. The van der Waals surface area contributed by atoms with Gasteiger partial charge in [0.05, 0.1) is 16.6 Å². The number of aromatic nitrogens is 1. The minimum absolute atomic E-state index is 0.00403. The van der Waals surface area contributed by atoms with Gasteiger partial charge in [0.2, 0.25) is 0 Å². The Morgan fingerprint density at radius 1 is 1.23 bits per heavy atom. The van der Waals surface area contributed by atoms with E-state index in [4.69, 9.17) is 0 Å². The number of amides is 1. The summed E-state index contributed by atoms with van der Waals surface area (Å²) in [6.07, 6.45) is -3.45. The molecule has 1 aliphatic rings. The summed E-state index contributed by atoms with van der Waals surface area (Å²) >= 11 is 1.35. The monoisotopic (exact) mass is 404 g/mol. The Hall–Kier alpha value is -1.94. The summed E-state index contributed by atoms with van der Waals surface area (Å²) in [6, 6.07) is 5.34. The number of carbonyl (C=O) groups excluding carboxylic acids is 1. The molecule has 5 nitrogen and oxygen atoms in total. The van der Waals surface area contributed by atoms with E-state index in [1.807, 2.05) is 0 Å². The van der Waals surface area contributed by atoms with E-state index in [9.17, 15) is 26.4 Å². The zero-order chi connectivity index (χ0) is 18.9. The van der Waals surface area contributed by atoms with E-state index < -0.39 is 32.9 Å². The fraction of sp³-hybridized carbons (Fsp3) is 0.375. The van der Waals surface area contributed by atoms with Gasteiger partial charge in [-0.2, -0.15) is 13.2 Å². The van der Waals surface area contributed by atoms with Crippen LogP contribution in [0.4, 0.5) is 13.2 Å². The van der Waals surface area contributed by atoms with Crippen LogP contribution in [-0.4, -0.2) is 43.1 Å². The van der Waals surface area contributed by atoms with E-state index >= 15 is 0 Å². The molecule has 0 spiro atoms. The molecule has 0 aromatic carbocycles. The lowest BCUT2D eigenvalue weighted by atomic mass is 10.2. The Kier molecular flexibility index (Phi) is 5.07. The van der Waals surface area contributed by atoms with Crippen molar-refractivity contribution in [2.45, 2.75) is 17.8 Å². The first-order valence-corrected chi connectivity index (χ1v) is 10.4. The summed E-state index contributed by atoms with van der Waals surface area (Å²) in [4.78, 5) is 17.9. The quantitative estimate of drug-likeness (QED) is 0.771. The van der Waals surface area contributed by atoms with Crippen LogP contribution >= 0.6 is 11.3 Å². The molecule has 1 amide bonds. The molecule has 3 heterocycles. The van der Waals surface area contributed by atoms with Crippen molar-refractivity contribution in [1.82, 2.24) is 9.88 Å². The van der Waals surface area contributed by atoms with Crippen molar-refractivity contribution >= 4 is 27.1 Å². The first-order valence-electron chi connectivity index (χ1n) is 7.76. The Labute approximate surface area is 152 Å². The van der Waals surface area contributed by atoms with Crippen LogP contribution in [0.15, 0.2) is 35.8 Å². The summed E-state index contributed by atoms with van der Waals surface area (Å²) in [5.74, 6) is -0.705. The lowest BCUT2D eigenvalue weighted by molar-refractivity contribution is -0.141. The van der Waals surface area contributed by atoms with Gasteiger partial charge in [-0.1, -0.05) is 6.07 Å². The van der Waals surface area contributed by atoms with E-state index in [0.29, 0.717) is 0 Å². The van der Waals surface area contributed by atoms with Gasteiger partial charge < -0.3 is 4.90 Å². The molecule has 2 aromatic heterocycles. The number of hydrogen-bond acceptors (Lipinski definition) is 5. The SMILES string of the molecule is O=C(c1ccc(C(F)(F)F)nc1)N1CCC(c2cccs2)S(=O)(=O)CC1. The minimum Gasteiger partial charge on any atom is -0.338 e. The zero-order valence-electron chi connectivity index (χ0n) is 13.4. The Bertz CT molecular complexity index is 878. The van der Waals surface area contributed by atoms with Crippen molar-refractivity contribution in [3.8, 4) is 0 Å². The Balaban J connectivity index is 1.77. The number of nitrogens with zero attached hydrogens (tertiary/aromatic N) is 2. The lowest BCUT2D eigenvalue weighted by Crippen LogP contribution is -2.33. The van der Waals surface area contributed by atoms with Crippen LogP contribution < -0.4 is 0 Å². The zero-order valence-corrected chi connectivity index (χ0v) is 15.1. The number of carbonyl (C=O) groups is 1. The predicted octanol–water partition coefficient (Wildman–Crippen LogP) is 3.16. The van der Waals surface area contributed by atoms with Crippen LogP contribution in [0, 0.1) is 0 Å². The molecule has 1 atom stereocenters.